The summed E-state index contributed by atoms with van der Waals surface area (Å²) >= 11 is 0. The molecule has 1 aliphatic rings. The molecule has 0 fully saturated rings. The molecular weight excluding hydrogens is 1140 g/mol. The number of nitrogens with zero attached hydrogens (tertiary/aromatic N) is 4. The fourth-order valence-corrected chi connectivity index (χ4v) is 11.3. The van der Waals surface area contributed by atoms with Gasteiger partial charge >= 0.3 is 0 Å². The van der Waals surface area contributed by atoms with Gasteiger partial charge in [0, 0.05) is 61.3 Å². The fraction of sp³-hybridized carbons (Fsp3) is 0.342. The number of hydrogen-bond donors (Lipinski definition) is 0. The third-order valence-corrected chi connectivity index (χ3v) is 16.2. The number of benzene rings is 7. The zero-order valence-corrected chi connectivity index (χ0v) is 52.4. The molecule has 3 heterocycles. The van der Waals surface area contributed by atoms with Crippen LogP contribution in [0.1, 0.15) is 181 Å². The van der Waals surface area contributed by atoms with Crippen LogP contribution in [-0.4, -0.2) is 9.55 Å². The molecule has 0 amide bonds. The molecule has 0 N–H and O–H groups in total. The van der Waals surface area contributed by atoms with E-state index in [0.29, 0.717) is 11.5 Å². The summed E-state index contributed by atoms with van der Waals surface area (Å²) in [4.78, 5) is 9.82. The van der Waals surface area contributed by atoms with Crippen LogP contribution in [0.5, 0.6) is 11.5 Å². The van der Waals surface area contributed by atoms with E-state index in [1.54, 1.807) is 0 Å². The van der Waals surface area contributed by atoms with Crippen molar-refractivity contribution in [2.45, 2.75) is 164 Å². The summed E-state index contributed by atoms with van der Waals surface area (Å²) in [6.45, 7) is 43.7. The maximum absolute atomic E-state index is 7.47. The molecule has 0 aliphatic carbocycles. The summed E-state index contributed by atoms with van der Waals surface area (Å²) in [5.41, 5.74) is 17.8. The zero-order valence-electron chi connectivity index (χ0n) is 50.1. The molecule has 2 aromatic heterocycles. The minimum Gasteiger partial charge on any atom is -0.509 e. The van der Waals surface area contributed by atoms with Crippen molar-refractivity contribution in [1.82, 2.24) is 9.55 Å². The predicted molar refractivity (Wildman–Crippen MR) is 331 cm³/mol. The van der Waals surface area contributed by atoms with Gasteiger partial charge in [0.25, 0.3) is 0 Å². The Kier molecular flexibility index (Phi) is 15.2. The van der Waals surface area contributed by atoms with E-state index in [2.05, 4.69) is 297 Å². The van der Waals surface area contributed by atoms with Crippen LogP contribution in [-0.2, 0) is 48.1 Å². The van der Waals surface area contributed by atoms with Crippen LogP contribution in [0.3, 0.4) is 0 Å². The number of para-hydroxylation sites is 1. The fourth-order valence-electron chi connectivity index (χ4n) is 11.3. The van der Waals surface area contributed by atoms with Crippen molar-refractivity contribution < 1.29 is 25.8 Å². The Morgan fingerprint density at radius 2 is 1.09 bits per heavy atom. The summed E-state index contributed by atoms with van der Waals surface area (Å²) in [5, 5.41) is 2.27. The normalized spacial score (nSPS) is 13.5. The molecule has 0 unspecified atom stereocenters. The van der Waals surface area contributed by atoms with Gasteiger partial charge < -0.3 is 19.1 Å². The summed E-state index contributed by atoms with van der Waals surface area (Å²) in [7, 11) is 0. The van der Waals surface area contributed by atoms with Gasteiger partial charge in [0.05, 0.1) is 0 Å². The van der Waals surface area contributed by atoms with Crippen molar-refractivity contribution in [2.24, 2.45) is 0 Å². The molecule has 0 spiro atoms. The number of hydrogen-bond acceptors (Lipinski definition) is 4. The molecule has 0 saturated carbocycles. The van der Waals surface area contributed by atoms with Crippen LogP contribution in [0, 0.1) is 18.8 Å². The van der Waals surface area contributed by atoms with E-state index in [-0.39, 0.29) is 54.6 Å². The van der Waals surface area contributed by atoms with Gasteiger partial charge in [0.15, 0.2) is 0 Å². The second kappa shape index (κ2) is 20.9. The van der Waals surface area contributed by atoms with E-state index in [1.165, 1.54) is 44.5 Å². The van der Waals surface area contributed by atoms with Gasteiger partial charge in [0.2, 0.25) is 0 Å². The van der Waals surface area contributed by atoms with Gasteiger partial charge in [-0.1, -0.05) is 214 Å². The molecule has 10 rings (SSSR count). The molecule has 412 valence electrons. The van der Waals surface area contributed by atoms with E-state index in [1.807, 2.05) is 6.20 Å². The van der Waals surface area contributed by atoms with Crippen LogP contribution in [0.2, 0.25) is 0 Å². The molecule has 6 heteroatoms. The summed E-state index contributed by atoms with van der Waals surface area (Å²) in [5.74, 6) is 2.61. The van der Waals surface area contributed by atoms with Crippen LogP contribution in [0.15, 0.2) is 146 Å². The van der Waals surface area contributed by atoms with E-state index >= 15 is 0 Å². The number of fused-ring (bicyclic) bond motifs is 4. The van der Waals surface area contributed by atoms with Gasteiger partial charge in [-0.25, -0.2) is 4.98 Å². The SMILES string of the molecule is CC(C)c1cccc(C(C)C)c1-c1cc(Oc2[c-]c3c(c(C(C)(C)c4ccccc4)c2)c2ccccc2n3-c2cc(C(C)(C)C)ccn2)[c-]c(N2[CH-]N(c3cc(C(C)(C)C)cc(C(C)(C)C)c3)c3ccc(C(C)(C)C)cc32)c1.[Pt]. The Labute approximate surface area is 487 Å². The number of pyridine rings is 1. The van der Waals surface area contributed by atoms with E-state index < -0.39 is 5.41 Å². The predicted octanol–water partition coefficient (Wildman–Crippen LogP) is 20.4. The second-order valence-corrected chi connectivity index (χ2v) is 27.2. The first-order valence-electron chi connectivity index (χ1n) is 28.2. The van der Waals surface area contributed by atoms with Crippen LogP contribution < -0.4 is 14.5 Å². The Hall–Kier alpha value is -6.42. The Balaban J connectivity index is 0.00000757. The van der Waals surface area contributed by atoms with Gasteiger partial charge in [-0.15, -0.1) is 53.8 Å². The smallest absolute Gasteiger partial charge is 0.135 e. The Bertz CT molecular complexity index is 3660. The topological polar surface area (TPSA) is 33.5 Å². The minimum absolute atomic E-state index is 0. The summed E-state index contributed by atoms with van der Waals surface area (Å²) in [6, 6.07) is 59.5. The third kappa shape index (κ3) is 11.0. The molecule has 9 aromatic rings. The molecule has 0 radical (unpaired) electrons. The number of anilines is 4. The molecule has 0 atom stereocenters. The van der Waals surface area contributed by atoms with Crippen molar-refractivity contribution in [1.29, 1.82) is 0 Å². The van der Waals surface area contributed by atoms with E-state index in [0.717, 1.165) is 61.5 Å². The van der Waals surface area contributed by atoms with Crippen molar-refractivity contribution in [3.8, 4) is 28.4 Å². The maximum Gasteiger partial charge on any atom is 0.135 e. The Morgan fingerprint density at radius 3 is 1.70 bits per heavy atom. The monoisotopic (exact) mass is 1220 g/mol. The first kappa shape index (κ1) is 57.3. The minimum atomic E-state index is -0.443. The molecule has 0 bridgehead atoms. The van der Waals surface area contributed by atoms with Crippen molar-refractivity contribution in [3.63, 3.8) is 0 Å². The third-order valence-electron chi connectivity index (χ3n) is 16.2. The van der Waals surface area contributed by atoms with E-state index in [4.69, 9.17) is 9.72 Å². The Morgan fingerprint density at radius 1 is 0.506 bits per heavy atom. The molecule has 1 aliphatic heterocycles. The van der Waals surface area contributed by atoms with Crippen LogP contribution >= 0.6 is 0 Å². The van der Waals surface area contributed by atoms with Crippen molar-refractivity contribution in [2.75, 3.05) is 9.80 Å². The van der Waals surface area contributed by atoms with Crippen LogP contribution in [0.4, 0.5) is 22.7 Å². The first-order valence-corrected chi connectivity index (χ1v) is 28.2. The molecule has 0 saturated heterocycles. The van der Waals surface area contributed by atoms with E-state index in [9.17, 15) is 0 Å². The van der Waals surface area contributed by atoms with Gasteiger partial charge in [0.1, 0.15) is 5.82 Å². The summed E-state index contributed by atoms with van der Waals surface area (Å²) < 4.78 is 9.76. The molecular formula is C73H81N4OPt-3. The largest absolute Gasteiger partial charge is 0.509 e. The first-order chi connectivity index (χ1) is 36.6. The number of rotatable bonds is 10. The molecule has 79 heavy (non-hydrogen) atoms. The molecule has 7 aromatic carbocycles. The quantitative estimate of drug-likeness (QED) is 0.128. The van der Waals surface area contributed by atoms with Crippen molar-refractivity contribution >= 4 is 44.6 Å². The summed E-state index contributed by atoms with van der Waals surface area (Å²) in [6.07, 6.45) is 1.94. The average Bonchev–Trinajstić information content (AvgIpc) is 4.16. The maximum atomic E-state index is 7.47. The standard InChI is InChI=1S/C73H81N4O.Pt/c1-46(2)58-28-24-29-59(47(3)4)67(58)48-35-54(76-45-75(63-32-31-50(40-64(63)76)69(5,6)7)55-38-52(71(11,12)13)37-53(39-55)72(14,15)16)42-56(36-48)78-57-43-61(73(17,18)49-25-20-19-21-26-49)68-60-27-22-23-30-62(60)77(65(68)44-57)66-41-51(33-34-74-66)70(8,9)10;/h19-41,43,45-47H,1-18H3;/q-3;. The average molecular weight is 1230 g/mol. The number of ether oxygens (including phenoxy) is 1. The second-order valence-electron chi connectivity index (χ2n) is 27.2. The number of aromatic nitrogens is 2. The zero-order chi connectivity index (χ0) is 56.0. The van der Waals surface area contributed by atoms with Gasteiger partial charge in [-0.2, -0.15) is 0 Å². The van der Waals surface area contributed by atoms with Crippen LogP contribution in [0.25, 0.3) is 38.8 Å². The van der Waals surface area contributed by atoms with Crippen molar-refractivity contribution in [3.05, 3.63) is 209 Å². The van der Waals surface area contributed by atoms with Gasteiger partial charge in [-0.05, 0) is 131 Å². The molecule has 5 nitrogen and oxygen atoms in total. The van der Waals surface area contributed by atoms with Gasteiger partial charge in [-0.3, -0.25) is 0 Å².